The van der Waals surface area contributed by atoms with Gasteiger partial charge in [0.25, 0.3) is 0 Å². The fraction of sp³-hybridized carbons (Fsp3) is 0.905. The molecule has 0 bridgehead atoms. The SMILES string of the molecule is C1=C/CCCCCCCCCCCCCCCCCCC/1. The van der Waals surface area contributed by atoms with Crippen LogP contribution in [0.5, 0.6) is 0 Å². The van der Waals surface area contributed by atoms with Crippen LogP contribution < -0.4 is 0 Å². The van der Waals surface area contributed by atoms with E-state index in [2.05, 4.69) is 12.2 Å². The van der Waals surface area contributed by atoms with Gasteiger partial charge < -0.3 is 0 Å². The van der Waals surface area contributed by atoms with E-state index in [1.807, 2.05) is 0 Å². The van der Waals surface area contributed by atoms with Crippen LogP contribution in [0, 0.1) is 0 Å². The van der Waals surface area contributed by atoms with E-state index >= 15 is 0 Å². The highest BCUT2D eigenvalue weighted by atomic mass is 14.0. The molecule has 124 valence electrons. The van der Waals surface area contributed by atoms with Crippen LogP contribution in [0.25, 0.3) is 0 Å². The second kappa shape index (κ2) is 16.1. The molecule has 0 aromatic heterocycles. The van der Waals surface area contributed by atoms with Gasteiger partial charge in [-0.05, 0) is 25.7 Å². The monoisotopic (exact) mass is 292 g/mol. The molecule has 21 heavy (non-hydrogen) atoms. The van der Waals surface area contributed by atoms with E-state index in [0.29, 0.717) is 0 Å². The highest BCUT2D eigenvalue weighted by molar-refractivity contribution is 4.81. The zero-order chi connectivity index (χ0) is 14.8. The number of hydrogen-bond donors (Lipinski definition) is 0. The summed E-state index contributed by atoms with van der Waals surface area (Å²) in [6.07, 6.45) is 32.5. The highest BCUT2D eigenvalue weighted by Crippen LogP contribution is 2.15. The van der Waals surface area contributed by atoms with E-state index in [1.165, 1.54) is 122 Å². The van der Waals surface area contributed by atoms with Crippen LogP contribution in [-0.2, 0) is 0 Å². The smallest absolute Gasteiger partial charge is 0.0351 e. The Morgan fingerprint density at radius 1 is 0.238 bits per heavy atom. The Morgan fingerprint density at radius 2 is 0.429 bits per heavy atom. The van der Waals surface area contributed by atoms with Crippen LogP contribution in [0.2, 0.25) is 0 Å². The molecule has 0 N–H and O–H groups in total. The van der Waals surface area contributed by atoms with Gasteiger partial charge in [0.05, 0.1) is 0 Å². The molecule has 0 atom stereocenters. The molecule has 0 fully saturated rings. The fourth-order valence-electron chi connectivity index (χ4n) is 3.41. The topological polar surface area (TPSA) is 0 Å². The van der Waals surface area contributed by atoms with Crippen molar-refractivity contribution in [3.05, 3.63) is 12.2 Å². The molecule has 0 aromatic carbocycles. The third-order valence-electron chi connectivity index (χ3n) is 4.91. The van der Waals surface area contributed by atoms with Crippen molar-refractivity contribution in [2.45, 2.75) is 122 Å². The largest absolute Gasteiger partial charge is 0.0885 e. The summed E-state index contributed by atoms with van der Waals surface area (Å²) in [7, 11) is 0. The molecule has 1 rings (SSSR count). The first-order chi connectivity index (χ1) is 10.5. The lowest BCUT2D eigenvalue weighted by Crippen LogP contribution is -1.83. The minimum Gasteiger partial charge on any atom is -0.0885 e. The second-order valence-electron chi connectivity index (χ2n) is 7.06. The molecule has 0 saturated carbocycles. The molecule has 0 nitrogen and oxygen atoms in total. The van der Waals surface area contributed by atoms with Gasteiger partial charge in [-0.3, -0.25) is 0 Å². The zero-order valence-electron chi connectivity index (χ0n) is 14.6. The molecule has 0 spiro atoms. The third kappa shape index (κ3) is 14.4. The summed E-state index contributed by atoms with van der Waals surface area (Å²) >= 11 is 0. The number of allylic oxidation sites excluding steroid dienone is 2. The van der Waals surface area contributed by atoms with Gasteiger partial charge in [-0.2, -0.15) is 0 Å². The van der Waals surface area contributed by atoms with Crippen LogP contribution in [0.4, 0.5) is 0 Å². The van der Waals surface area contributed by atoms with Gasteiger partial charge in [-0.1, -0.05) is 108 Å². The van der Waals surface area contributed by atoms with Crippen molar-refractivity contribution < 1.29 is 0 Å². The minimum atomic E-state index is 1.32. The molecule has 0 heteroatoms. The number of hydrogen-bond acceptors (Lipinski definition) is 0. The van der Waals surface area contributed by atoms with E-state index < -0.39 is 0 Å². The minimum absolute atomic E-state index is 1.32. The quantitative estimate of drug-likeness (QED) is 0.397. The van der Waals surface area contributed by atoms with Crippen molar-refractivity contribution in [2.75, 3.05) is 0 Å². The van der Waals surface area contributed by atoms with Gasteiger partial charge in [0.1, 0.15) is 0 Å². The van der Waals surface area contributed by atoms with Crippen molar-refractivity contribution in [3.8, 4) is 0 Å². The molecule has 0 aromatic rings. The molecule has 1 aliphatic rings. The first kappa shape index (κ1) is 18.8. The van der Waals surface area contributed by atoms with E-state index in [1.54, 1.807) is 0 Å². The Bertz CT molecular complexity index is 194. The average Bonchev–Trinajstić information content (AvgIpc) is 2.50. The van der Waals surface area contributed by atoms with Gasteiger partial charge in [-0.25, -0.2) is 0 Å². The Labute approximate surface area is 134 Å². The number of rotatable bonds is 0. The highest BCUT2D eigenvalue weighted by Gasteiger charge is 1.95. The third-order valence-corrected chi connectivity index (χ3v) is 4.91. The van der Waals surface area contributed by atoms with Crippen molar-refractivity contribution in [2.24, 2.45) is 0 Å². The Morgan fingerprint density at radius 3 is 0.667 bits per heavy atom. The first-order valence-electron chi connectivity index (χ1n) is 10.1. The van der Waals surface area contributed by atoms with E-state index in [-0.39, 0.29) is 0 Å². The van der Waals surface area contributed by atoms with E-state index in [4.69, 9.17) is 0 Å². The Kier molecular flexibility index (Phi) is 14.4. The summed E-state index contributed by atoms with van der Waals surface area (Å²) in [4.78, 5) is 0. The van der Waals surface area contributed by atoms with E-state index in [0.717, 1.165) is 0 Å². The maximum Gasteiger partial charge on any atom is -0.0351 e. The normalized spacial score (nSPS) is 24.8. The van der Waals surface area contributed by atoms with Crippen molar-refractivity contribution in [3.63, 3.8) is 0 Å². The molecule has 0 aliphatic heterocycles. The summed E-state index contributed by atoms with van der Waals surface area (Å²) in [6.45, 7) is 0. The summed E-state index contributed by atoms with van der Waals surface area (Å²) in [6, 6.07) is 0. The molecule has 1 aliphatic carbocycles. The predicted molar refractivity (Wildman–Crippen MR) is 96.9 cm³/mol. The molecule has 0 radical (unpaired) electrons. The lowest BCUT2D eigenvalue weighted by atomic mass is 10.0. The van der Waals surface area contributed by atoms with Crippen LogP contribution in [0.15, 0.2) is 12.2 Å². The zero-order valence-corrected chi connectivity index (χ0v) is 14.6. The molecule has 0 saturated heterocycles. The van der Waals surface area contributed by atoms with Gasteiger partial charge in [0.15, 0.2) is 0 Å². The maximum atomic E-state index is 2.43. The molecular formula is C21H40. The standard InChI is InChI=1S/C21H40/c1-2-4-6-8-10-12-14-16-18-20-21-19-17-15-13-11-9-7-5-3-1/h1-2H,3-21H2/b2-1+. The van der Waals surface area contributed by atoms with Crippen LogP contribution in [-0.4, -0.2) is 0 Å². The van der Waals surface area contributed by atoms with Gasteiger partial charge >= 0.3 is 0 Å². The van der Waals surface area contributed by atoms with Crippen molar-refractivity contribution in [1.82, 2.24) is 0 Å². The lowest BCUT2D eigenvalue weighted by molar-refractivity contribution is 0.527. The predicted octanol–water partition coefficient (Wildman–Crippen LogP) is 7.97. The average molecular weight is 293 g/mol. The molecule has 0 unspecified atom stereocenters. The summed E-state index contributed by atoms with van der Waals surface area (Å²) < 4.78 is 0. The Balaban J connectivity index is 2.05. The van der Waals surface area contributed by atoms with Gasteiger partial charge in [-0.15, -0.1) is 0 Å². The molecular weight excluding hydrogens is 252 g/mol. The molecule has 0 heterocycles. The Hall–Kier alpha value is -0.260. The van der Waals surface area contributed by atoms with E-state index in [9.17, 15) is 0 Å². The van der Waals surface area contributed by atoms with Crippen LogP contribution in [0.3, 0.4) is 0 Å². The summed E-state index contributed by atoms with van der Waals surface area (Å²) in [5, 5.41) is 0. The molecule has 0 amide bonds. The van der Waals surface area contributed by atoms with Crippen molar-refractivity contribution >= 4 is 0 Å². The first-order valence-corrected chi connectivity index (χ1v) is 10.1. The second-order valence-corrected chi connectivity index (χ2v) is 7.06. The van der Waals surface area contributed by atoms with Crippen LogP contribution >= 0.6 is 0 Å². The maximum absolute atomic E-state index is 2.43. The summed E-state index contributed by atoms with van der Waals surface area (Å²) in [5.41, 5.74) is 0. The van der Waals surface area contributed by atoms with Gasteiger partial charge in [0.2, 0.25) is 0 Å². The van der Waals surface area contributed by atoms with Crippen LogP contribution in [0.1, 0.15) is 122 Å². The fourth-order valence-corrected chi connectivity index (χ4v) is 3.41. The lowest BCUT2D eigenvalue weighted by Gasteiger charge is -2.03. The van der Waals surface area contributed by atoms with Crippen molar-refractivity contribution in [1.29, 1.82) is 0 Å². The van der Waals surface area contributed by atoms with Gasteiger partial charge in [0, 0.05) is 0 Å². The summed E-state index contributed by atoms with van der Waals surface area (Å²) in [5.74, 6) is 0.